The molecule has 2 rings (SSSR count). The van der Waals surface area contributed by atoms with Gasteiger partial charge in [0.1, 0.15) is 5.82 Å². The Morgan fingerprint density at radius 2 is 2.19 bits per heavy atom. The highest BCUT2D eigenvalue weighted by atomic mass is 79.9. The van der Waals surface area contributed by atoms with E-state index in [1.165, 1.54) is 5.57 Å². The summed E-state index contributed by atoms with van der Waals surface area (Å²) < 4.78 is 13.9. The van der Waals surface area contributed by atoms with Crippen LogP contribution in [0.5, 0.6) is 0 Å². The molecule has 0 nitrogen and oxygen atoms in total. The molecule has 82 valence electrons. The first-order chi connectivity index (χ1) is 7.63. The summed E-state index contributed by atoms with van der Waals surface area (Å²) >= 11 is 3.20. The maximum atomic E-state index is 13.4. The number of hydrogen-bond acceptors (Lipinski definition) is 0. The van der Waals surface area contributed by atoms with Gasteiger partial charge in [0.25, 0.3) is 0 Å². The molecule has 1 aliphatic rings. The summed E-state index contributed by atoms with van der Waals surface area (Å²) in [5.41, 5.74) is 3.32. The van der Waals surface area contributed by atoms with Crippen molar-refractivity contribution in [3.05, 3.63) is 63.9 Å². The molecule has 1 aliphatic carbocycles. The van der Waals surface area contributed by atoms with E-state index in [1.54, 1.807) is 12.1 Å². The molecule has 0 saturated heterocycles. The van der Waals surface area contributed by atoms with Crippen LogP contribution in [0.3, 0.4) is 0 Å². The molecular formula is C14H12BrF. The number of allylic oxidation sites excluding steroid dienone is 4. The molecule has 0 aromatic heterocycles. The molecule has 0 N–H and O–H groups in total. The van der Waals surface area contributed by atoms with Gasteiger partial charge in [-0.2, -0.15) is 0 Å². The number of fused-ring (bicyclic) bond motifs is 1. The first-order valence-electron chi connectivity index (χ1n) is 5.13. The van der Waals surface area contributed by atoms with Crippen molar-refractivity contribution in [2.75, 3.05) is 0 Å². The molecule has 1 unspecified atom stereocenters. The minimum atomic E-state index is -0.201. The Morgan fingerprint density at radius 3 is 2.88 bits per heavy atom. The average Bonchev–Trinajstić information content (AvgIpc) is 2.54. The number of halogens is 2. The van der Waals surface area contributed by atoms with E-state index in [9.17, 15) is 4.39 Å². The smallest absolute Gasteiger partial charge is 0.137 e. The van der Waals surface area contributed by atoms with Crippen LogP contribution in [-0.2, 0) is 0 Å². The van der Waals surface area contributed by atoms with Gasteiger partial charge in [-0.25, -0.2) is 4.39 Å². The molecule has 0 radical (unpaired) electrons. The third-order valence-corrected chi connectivity index (χ3v) is 3.45. The molecule has 0 aliphatic heterocycles. The van der Waals surface area contributed by atoms with Crippen molar-refractivity contribution >= 4 is 22.0 Å². The molecule has 1 atom stereocenters. The van der Waals surface area contributed by atoms with Gasteiger partial charge in [-0.1, -0.05) is 37.8 Å². The molecule has 16 heavy (non-hydrogen) atoms. The topological polar surface area (TPSA) is 0 Å². The second-order valence-electron chi connectivity index (χ2n) is 3.86. The lowest BCUT2D eigenvalue weighted by atomic mass is 9.97. The molecular weight excluding hydrogens is 267 g/mol. The van der Waals surface area contributed by atoms with E-state index in [0.717, 1.165) is 11.1 Å². The second kappa shape index (κ2) is 4.38. The minimum absolute atomic E-state index is 0.201. The van der Waals surface area contributed by atoms with E-state index in [0.29, 0.717) is 4.47 Å². The Hall–Kier alpha value is -1.15. The van der Waals surface area contributed by atoms with Crippen LogP contribution in [0.25, 0.3) is 6.08 Å². The Bertz CT molecular complexity index is 498. The van der Waals surface area contributed by atoms with E-state index >= 15 is 0 Å². The van der Waals surface area contributed by atoms with Crippen molar-refractivity contribution in [3.8, 4) is 0 Å². The van der Waals surface area contributed by atoms with Crippen molar-refractivity contribution in [1.29, 1.82) is 0 Å². The zero-order chi connectivity index (χ0) is 11.7. The Kier molecular flexibility index (Phi) is 3.10. The van der Waals surface area contributed by atoms with Gasteiger partial charge in [-0.3, -0.25) is 0 Å². The van der Waals surface area contributed by atoms with Crippen LogP contribution in [0, 0.1) is 5.82 Å². The monoisotopic (exact) mass is 278 g/mol. The Balaban J connectivity index is 2.44. The predicted octanol–water partition coefficient (Wildman–Crippen LogP) is 4.83. The largest absolute Gasteiger partial charge is 0.206 e. The van der Waals surface area contributed by atoms with Gasteiger partial charge in [0, 0.05) is 5.92 Å². The first kappa shape index (κ1) is 11.3. The van der Waals surface area contributed by atoms with Gasteiger partial charge in [0.15, 0.2) is 0 Å². The molecule has 1 aromatic carbocycles. The first-order valence-corrected chi connectivity index (χ1v) is 5.92. The van der Waals surface area contributed by atoms with E-state index in [4.69, 9.17) is 0 Å². The van der Waals surface area contributed by atoms with Crippen molar-refractivity contribution < 1.29 is 4.39 Å². The molecule has 0 heterocycles. The highest BCUT2D eigenvalue weighted by Gasteiger charge is 2.21. The van der Waals surface area contributed by atoms with Crippen LogP contribution in [-0.4, -0.2) is 0 Å². The van der Waals surface area contributed by atoms with Crippen LogP contribution >= 0.6 is 15.9 Å². The van der Waals surface area contributed by atoms with Gasteiger partial charge in [0.2, 0.25) is 0 Å². The van der Waals surface area contributed by atoms with Crippen LogP contribution in [0.15, 0.2) is 47.0 Å². The van der Waals surface area contributed by atoms with E-state index < -0.39 is 0 Å². The summed E-state index contributed by atoms with van der Waals surface area (Å²) in [6.45, 7) is 5.72. The highest BCUT2D eigenvalue weighted by Crippen LogP contribution is 2.38. The zero-order valence-electron chi connectivity index (χ0n) is 9.00. The van der Waals surface area contributed by atoms with Crippen molar-refractivity contribution in [2.45, 2.75) is 12.8 Å². The lowest BCUT2D eigenvalue weighted by molar-refractivity contribution is 0.618. The maximum Gasteiger partial charge on any atom is 0.137 e. The van der Waals surface area contributed by atoms with E-state index in [2.05, 4.69) is 35.5 Å². The zero-order valence-corrected chi connectivity index (χ0v) is 10.6. The van der Waals surface area contributed by atoms with E-state index in [1.807, 2.05) is 18.2 Å². The van der Waals surface area contributed by atoms with Crippen molar-refractivity contribution in [2.24, 2.45) is 0 Å². The van der Waals surface area contributed by atoms with Crippen molar-refractivity contribution in [1.82, 2.24) is 0 Å². The van der Waals surface area contributed by atoms with Gasteiger partial charge >= 0.3 is 0 Å². The summed E-state index contributed by atoms with van der Waals surface area (Å²) in [7, 11) is 0. The fraction of sp³-hybridized carbons (Fsp3) is 0.143. The van der Waals surface area contributed by atoms with Crippen molar-refractivity contribution in [3.63, 3.8) is 0 Å². The quantitative estimate of drug-likeness (QED) is 0.680. The molecule has 0 saturated carbocycles. The second-order valence-corrected chi connectivity index (χ2v) is 4.71. The molecule has 0 amide bonds. The fourth-order valence-electron chi connectivity index (χ4n) is 1.93. The fourth-order valence-corrected chi connectivity index (χ4v) is 2.29. The highest BCUT2D eigenvalue weighted by molar-refractivity contribution is 9.10. The number of hydrogen-bond donors (Lipinski definition) is 0. The molecule has 0 bridgehead atoms. The predicted molar refractivity (Wildman–Crippen MR) is 69.8 cm³/mol. The van der Waals surface area contributed by atoms with Gasteiger partial charge in [-0.15, -0.1) is 0 Å². The third-order valence-electron chi connectivity index (χ3n) is 2.84. The molecule has 0 spiro atoms. The maximum absolute atomic E-state index is 13.4. The minimum Gasteiger partial charge on any atom is -0.206 e. The standard InChI is InChI=1S/C14H12BrF/c1-3-4-5-10-6-11-7-13(15)14(16)8-12(11)9(10)2/h3-9H,1H2,2H3/b5-4-. The lowest BCUT2D eigenvalue weighted by Gasteiger charge is -2.08. The van der Waals surface area contributed by atoms with Gasteiger partial charge < -0.3 is 0 Å². The summed E-state index contributed by atoms with van der Waals surface area (Å²) in [4.78, 5) is 0. The molecule has 2 heteroatoms. The lowest BCUT2D eigenvalue weighted by Crippen LogP contribution is -1.93. The summed E-state index contributed by atoms with van der Waals surface area (Å²) in [5, 5.41) is 0. The average molecular weight is 279 g/mol. The SMILES string of the molecule is C=C/C=C\C1=Cc2cc(Br)c(F)cc2C1C. The summed E-state index contributed by atoms with van der Waals surface area (Å²) in [6.07, 6.45) is 7.75. The van der Waals surface area contributed by atoms with E-state index in [-0.39, 0.29) is 11.7 Å². The van der Waals surface area contributed by atoms with Crippen LogP contribution in [0.2, 0.25) is 0 Å². The summed E-state index contributed by atoms with van der Waals surface area (Å²) in [6, 6.07) is 3.44. The van der Waals surface area contributed by atoms with Crippen LogP contribution < -0.4 is 0 Å². The Morgan fingerprint density at radius 1 is 1.44 bits per heavy atom. The van der Waals surface area contributed by atoms with Gasteiger partial charge in [-0.05, 0) is 44.8 Å². The number of benzene rings is 1. The van der Waals surface area contributed by atoms with Gasteiger partial charge in [0.05, 0.1) is 4.47 Å². The van der Waals surface area contributed by atoms with Crippen LogP contribution in [0.4, 0.5) is 4.39 Å². The Labute approximate surface area is 103 Å². The molecule has 0 fully saturated rings. The normalized spacial score (nSPS) is 18.7. The number of rotatable bonds is 2. The summed E-state index contributed by atoms with van der Waals surface area (Å²) in [5.74, 6) is 0.0433. The third kappa shape index (κ3) is 1.90. The van der Waals surface area contributed by atoms with Crippen LogP contribution in [0.1, 0.15) is 24.0 Å². The molecule has 1 aromatic rings.